The molecule has 4 aromatic rings. The molecule has 0 spiro atoms. The van der Waals surface area contributed by atoms with Crippen molar-refractivity contribution in [1.29, 1.82) is 0 Å². The lowest BCUT2D eigenvalue weighted by atomic mass is 10.1. The Kier molecular flexibility index (Phi) is 4.91. The van der Waals surface area contributed by atoms with Gasteiger partial charge in [0, 0.05) is 12.6 Å². The molecule has 0 amide bonds. The van der Waals surface area contributed by atoms with Crippen molar-refractivity contribution in [2.24, 2.45) is 0 Å². The number of benzene rings is 2. The van der Waals surface area contributed by atoms with Gasteiger partial charge >= 0.3 is 5.69 Å². The molecule has 2 aromatic carbocycles. The van der Waals surface area contributed by atoms with E-state index in [0.29, 0.717) is 6.07 Å². The zero-order chi connectivity index (χ0) is 21.4. The van der Waals surface area contributed by atoms with Gasteiger partial charge < -0.3 is 4.57 Å². The molecule has 0 aliphatic carbocycles. The summed E-state index contributed by atoms with van der Waals surface area (Å²) in [4.78, 5) is 30.5. The molecule has 2 aromatic heterocycles. The Morgan fingerprint density at radius 2 is 1.87 bits per heavy atom. The number of aromatic nitrogens is 4. The van der Waals surface area contributed by atoms with E-state index in [9.17, 15) is 18.4 Å². The number of hydrogen-bond acceptors (Lipinski definition) is 3. The fourth-order valence-electron chi connectivity index (χ4n) is 3.50. The summed E-state index contributed by atoms with van der Waals surface area (Å²) in [7, 11) is 0. The summed E-state index contributed by atoms with van der Waals surface area (Å²) >= 11 is 0. The first-order chi connectivity index (χ1) is 14.4. The fraction of sp³-hybridized carbons (Fsp3) is 0.136. The molecule has 152 valence electrons. The third-order valence-corrected chi connectivity index (χ3v) is 5.02. The van der Waals surface area contributed by atoms with Crippen molar-refractivity contribution in [3.05, 3.63) is 106 Å². The lowest BCUT2D eigenvalue weighted by molar-refractivity contribution is 0.573. The van der Waals surface area contributed by atoms with Crippen LogP contribution in [0.1, 0.15) is 18.5 Å². The highest BCUT2D eigenvalue weighted by Crippen LogP contribution is 2.23. The maximum Gasteiger partial charge on any atom is 0.337 e. The monoisotopic (exact) mass is 408 g/mol. The van der Waals surface area contributed by atoms with Crippen LogP contribution in [0.15, 0.2) is 77.1 Å². The molecule has 8 heteroatoms. The second-order valence-corrected chi connectivity index (χ2v) is 6.83. The standard InChI is InChI=1S/C22H18F2N4O2/c1-3-11-26-21(29)19-20(25-13-27(19)14(2)15-7-5-4-6-8-15)28(22(26)30)18-10-9-16(23)12-17(18)24/h3-10,12-14H,1,11H2,2H3. The van der Waals surface area contributed by atoms with E-state index in [1.165, 1.54) is 12.4 Å². The van der Waals surface area contributed by atoms with E-state index in [-0.39, 0.29) is 29.4 Å². The molecule has 30 heavy (non-hydrogen) atoms. The van der Waals surface area contributed by atoms with Crippen molar-refractivity contribution in [1.82, 2.24) is 18.7 Å². The molecule has 2 heterocycles. The second-order valence-electron chi connectivity index (χ2n) is 6.83. The van der Waals surface area contributed by atoms with Crippen LogP contribution >= 0.6 is 0 Å². The van der Waals surface area contributed by atoms with Crippen LogP contribution in [0.2, 0.25) is 0 Å². The highest BCUT2D eigenvalue weighted by Gasteiger charge is 2.22. The summed E-state index contributed by atoms with van der Waals surface area (Å²) in [6.45, 7) is 5.41. The Morgan fingerprint density at radius 3 is 2.53 bits per heavy atom. The maximum absolute atomic E-state index is 14.6. The maximum atomic E-state index is 14.6. The molecule has 0 saturated carbocycles. The first-order valence-corrected chi connectivity index (χ1v) is 9.27. The van der Waals surface area contributed by atoms with Crippen molar-refractivity contribution >= 4 is 11.2 Å². The van der Waals surface area contributed by atoms with E-state index >= 15 is 0 Å². The van der Waals surface area contributed by atoms with Crippen LogP contribution in [0.5, 0.6) is 0 Å². The Bertz CT molecular complexity index is 1370. The van der Waals surface area contributed by atoms with E-state index < -0.39 is 22.9 Å². The molecule has 0 radical (unpaired) electrons. The predicted octanol–water partition coefficient (Wildman–Crippen LogP) is 3.42. The van der Waals surface area contributed by atoms with Crippen LogP contribution in [0.4, 0.5) is 8.78 Å². The number of imidazole rings is 1. The fourth-order valence-corrected chi connectivity index (χ4v) is 3.50. The number of nitrogens with zero attached hydrogens (tertiary/aromatic N) is 4. The normalized spacial score (nSPS) is 12.2. The van der Waals surface area contributed by atoms with Gasteiger partial charge in [0.1, 0.15) is 11.6 Å². The number of allylic oxidation sites excluding steroid dienone is 1. The number of rotatable bonds is 5. The van der Waals surface area contributed by atoms with Crippen molar-refractivity contribution in [3.8, 4) is 5.69 Å². The molecule has 0 N–H and O–H groups in total. The summed E-state index contributed by atoms with van der Waals surface area (Å²) in [5, 5.41) is 0. The van der Waals surface area contributed by atoms with E-state index in [1.807, 2.05) is 37.3 Å². The van der Waals surface area contributed by atoms with Crippen molar-refractivity contribution in [2.45, 2.75) is 19.5 Å². The third kappa shape index (κ3) is 3.06. The van der Waals surface area contributed by atoms with Gasteiger partial charge in [-0.3, -0.25) is 9.36 Å². The highest BCUT2D eigenvalue weighted by molar-refractivity contribution is 5.73. The van der Waals surface area contributed by atoms with Crippen LogP contribution in [-0.4, -0.2) is 18.7 Å². The highest BCUT2D eigenvalue weighted by atomic mass is 19.1. The SMILES string of the molecule is C=CCn1c(=O)c2c(ncn2C(C)c2ccccc2)n(-c2ccc(F)cc2F)c1=O. The predicted molar refractivity (Wildman–Crippen MR) is 110 cm³/mol. The average molecular weight is 408 g/mol. The van der Waals surface area contributed by atoms with E-state index in [2.05, 4.69) is 11.6 Å². The molecule has 0 bridgehead atoms. The van der Waals surface area contributed by atoms with E-state index in [4.69, 9.17) is 0 Å². The van der Waals surface area contributed by atoms with Gasteiger partial charge in [-0.05, 0) is 24.6 Å². The van der Waals surface area contributed by atoms with E-state index in [1.54, 1.807) is 4.57 Å². The Balaban J connectivity index is 2.08. The van der Waals surface area contributed by atoms with Gasteiger partial charge in [0.15, 0.2) is 11.2 Å². The second kappa shape index (κ2) is 7.55. The molecular weight excluding hydrogens is 390 g/mol. The molecule has 1 atom stereocenters. The number of fused-ring (bicyclic) bond motifs is 1. The van der Waals surface area contributed by atoms with Crippen LogP contribution in [0, 0.1) is 11.6 Å². The molecule has 1 unspecified atom stereocenters. The zero-order valence-corrected chi connectivity index (χ0v) is 16.1. The van der Waals surface area contributed by atoms with Crippen LogP contribution in [0.3, 0.4) is 0 Å². The average Bonchev–Trinajstić information content (AvgIpc) is 3.17. The molecule has 0 aliphatic rings. The Morgan fingerprint density at radius 1 is 1.13 bits per heavy atom. The quantitative estimate of drug-likeness (QED) is 0.476. The summed E-state index contributed by atoms with van der Waals surface area (Å²) in [5.41, 5.74) is -0.474. The summed E-state index contributed by atoms with van der Waals surface area (Å²) < 4.78 is 31.6. The minimum Gasteiger partial charge on any atom is -0.317 e. The number of hydrogen-bond donors (Lipinski definition) is 0. The molecule has 0 fully saturated rings. The molecule has 4 rings (SSSR count). The first-order valence-electron chi connectivity index (χ1n) is 9.27. The topological polar surface area (TPSA) is 61.8 Å². The Hall–Kier alpha value is -3.81. The lowest BCUT2D eigenvalue weighted by Gasteiger charge is -2.16. The van der Waals surface area contributed by atoms with Crippen LogP contribution in [0.25, 0.3) is 16.9 Å². The van der Waals surface area contributed by atoms with Crippen molar-refractivity contribution in [3.63, 3.8) is 0 Å². The minimum atomic E-state index is -0.937. The molecule has 0 saturated heterocycles. The largest absolute Gasteiger partial charge is 0.337 e. The van der Waals surface area contributed by atoms with Crippen molar-refractivity contribution in [2.75, 3.05) is 0 Å². The minimum absolute atomic E-state index is 0.00129. The summed E-state index contributed by atoms with van der Waals surface area (Å²) in [5.74, 6) is -1.71. The molecular formula is C22H18F2N4O2. The molecule has 0 aliphatic heterocycles. The van der Waals surface area contributed by atoms with Gasteiger partial charge in [0.25, 0.3) is 5.56 Å². The first kappa shape index (κ1) is 19.5. The van der Waals surface area contributed by atoms with Gasteiger partial charge in [0.2, 0.25) is 0 Å². The third-order valence-electron chi connectivity index (χ3n) is 5.02. The smallest absolute Gasteiger partial charge is 0.317 e. The van der Waals surface area contributed by atoms with Gasteiger partial charge in [-0.25, -0.2) is 23.1 Å². The molecule has 6 nitrogen and oxygen atoms in total. The van der Waals surface area contributed by atoms with Gasteiger partial charge in [-0.2, -0.15) is 0 Å². The summed E-state index contributed by atoms with van der Waals surface area (Å²) in [6.07, 6.45) is 2.85. The van der Waals surface area contributed by atoms with Crippen LogP contribution in [-0.2, 0) is 6.54 Å². The van der Waals surface area contributed by atoms with Gasteiger partial charge in [-0.1, -0.05) is 36.4 Å². The zero-order valence-electron chi connectivity index (χ0n) is 16.1. The van der Waals surface area contributed by atoms with E-state index in [0.717, 1.165) is 26.8 Å². The van der Waals surface area contributed by atoms with Gasteiger partial charge in [-0.15, -0.1) is 6.58 Å². The van der Waals surface area contributed by atoms with Gasteiger partial charge in [0.05, 0.1) is 18.1 Å². The lowest BCUT2D eigenvalue weighted by Crippen LogP contribution is -2.40. The van der Waals surface area contributed by atoms with Crippen molar-refractivity contribution < 1.29 is 8.78 Å². The Labute approximate surface area is 170 Å². The van der Waals surface area contributed by atoms with Crippen LogP contribution < -0.4 is 11.2 Å². The summed E-state index contributed by atoms with van der Waals surface area (Å²) in [6, 6.07) is 12.1. The number of halogens is 2.